The highest BCUT2D eigenvalue weighted by atomic mass is 16.7. The molecule has 7 heteroatoms. The van der Waals surface area contributed by atoms with E-state index in [0.29, 0.717) is 5.06 Å². The van der Waals surface area contributed by atoms with Crippen LogP contribution >= 0.6 is 0 Å². The SMILES string of the molecule is O=C(ON1C(=O)c2ccccc2C1=O)c1cncnc1. The van der Waals surface area contributed by atoms with Crippen molar-refractivity contribution in [3.8, 4) is 0 Å². The summed E-state index contributed by atoms with van der Waals surface area (Å²) in [5.74, 6) is -2.22. The smallest absolute Gasteiger partial charge is 0.324 e. The minimum Gasteiger partial charge on any atom is -0.324 e. The second kappa shape index (κ2) is 4.54. The van der Waals surface area contributed by atoms with Crippen molar-refractivity contribution < 1.29 is 19.2 Å². The Hall–Kier alpha value is -3.09. The Morgan fingerprint density at radius 2 is 1.55 bits per heavy atom. The molecule has 0 bridgehead atoms. The Kier molecular flexibility index (Phi) is 2.72. The van der Waals surface area contributed by atoms with Gasteiger partial charge in [0.25, 0.3) is 11.8 Å². The van der Waals surface area contributed by atoms with Gasteiger partial charge in [-0.15, -0.1) is 0 Å². The van der Waals surface area contributed by atoms with Crippen molar-refractivity contribution in [2.24, 2.45) is 0 Å². The van der Waals surface area contributed by atoms with E-state index in [0.717, 1.165) is 0 Å². The number of aromatic nitrogens is 2. The summed E-state index contributed by atoms with van der Waals surface area (Å²) in [5.41, 5.74) is 0.452. The largest absolute Gasteiger partial charge is 0.367 e. The molecule has 2 amide bonds. The summed E-state index contributed by atoms with van der Waals surface area (Å²) in [5, 5.41) is 0.444. The summed E-state index contributed by atoms with van der Waals surface area (Å²) in [7, 11) is 0. The van der Waals surface area contributed by atoms with Crippen molar-refractivity contribution in [2.45, 2.75) is 0 Å². The molecule has 2 aromatic rings. The number of benzene rings is 1. The van der Waals surface area contributed by atoms with Crippen LogP contribution in [0, 0.1) is 0 Å². The fourth-order valence-electron chi connectivity index (χ4n) is 1.79. The van der Waals surface area contributed by atoms with Gasteiger partial charge in [-0.2, -0.15) is 0 Å². The molecule has 0 saturated carbocycles. The third-order valence-electron chi connectivity index (χ3n) is 2.73. The number of carbonyl (C=O) groups excluding carboxylic acids is 3. The Morgan fingerprint density at radius 3 is 2.10 bits per heavy atom. The third-order valence-corrected chi connectivity index (χ3v) is 2.73. The van der Waals surface area contributed by atoms with Crippen molar-refractivity contribution in [1.29, 1.82) is 0 Å². The van der Waals surface area contributed by atoms with Gasteiger partial charge in [0.2, 0.25) is 0 Å². The Labute approximate surface area is 112 Å². The van der Waals surface area contributed by atoms with Crippen LogP contribution in [0.25, 0.3) is 0 Å². The number of hydrogen-bond acceptors (Lipinski definition) is 6. The minimum absolute atomic E-state index is 0.0454. The van der Waals surface area contributed by atoms with Gasteiger partial charge >= 0.3 is 5.97 Å². The van der Waals surface area contributed by atoms with Gasteiger partial charge in [-0.25, -0.2) is 14.8 Å². The first-order valence-corrected chi connectivity index (χ1v) is 5.63. The molecule has 0 atom stereocenters. The summed E-state index contributed by atoms with van der Waals surface area (Å²) in [4.78, 5) is 47.9. The highest BCUT2D eigenvalue weighted by Crippen LogP contribution is 2.23. The molecule has 1 aromatic carbocycles. The predicted octanol–water partition coefficient (Wildman–Crippen LogP) is 0.845. The maximum atomic E-state index is 12.0. The first-order valence-electron chi connectivity index (χ1n) is 5.63. The number of nitrogens with zero attached hydrogens (tertiary/aromatic N) is 3. The molecule has 0 N–H and O–H groups in total. The van der Waals surface area contributed by atoms with Crippen LogP contribution in [0.15, 0.2) is 43.0 Å². The number of amides is 2. The number of carbonyl (C=O) groups is 3. The fourth-order valence-corrected chi connectivity index (χ4v) is 1.79. The molecule has 0 unspecified atom stereocenters. The van der Waals surface area contributed by atoms with E-state index in [-0.39, 0.29) is 16.7 Å². The lowest BCUT2D eigenvalue weighted by Gasteiger charge is -2.12. The van der Waals surface area contributed by atoms with E-state index in [9.17, 15) is 14.4 Å². The molecule has 0 aliphatic carbocycles. The quantitative estimate of drug-likeness (QED) is 0.750. The summed E-state index contributed by atoms with van der Waals surface area (Å²) in [6, 6.07) is 6.24. The molecule has 3 rings (SSSR count). The van der Waals surface area contributed by atoms with Gasteiger partial charge < -0.3 is 4.84 Å². The number of hydrogen-bond donors (Lipinski definition) is 0. The molecule has 98 valence electrons. The Bertz CT molecular complexity index is 680. The van der Waals surface area contributed by atoms with Gasteiger partial charge in [0.1, 0.15) is 6.33 Å². The minimum atomic E-state index is -0.875. The van der Waals surface area contributed by atoms with Crippen molar-refractivity contribution in [1.82, 2.24) is 15.0 Å². The summed E-state index contributed by atoms with van der Waals surface area (Å²) >= 11 is 0. The van der Waals surface area contributed by atoms with E-state index in [1.165, 1.54) is 30.9 Å². The van der Waals surface area contributed by atoms with Gasteiger partial charge in [0, 0.05) is 12.4 Å². The van der Waals surface area contributed by atoms with E-state index in [1.54, 1.807) is 12.1 Å². The number of fused-ring (bicyclic) bond motifs is 1. The molecule has 1 aliphatic heterocycles. The topological polar surface area (TPSA) is 89.5 Å². The van der Waals surface area contributed by atoms with E-state index >= 15 is 0 Å². The molecule has 7 nitrogen and oxygen atoms in total. The first kappa shape index (κ1) is 12.0. The van der Waals surface area contributed by atoms with E-state index in [1.807, 2.05) is 0 Å². The second-order valence-electron chi connectivity index (χ2n) is 3.96. The summed E-state index contributed by atoms with van der Waals surface area (Å²) < 4.78 is 0. The molecular weight excluding hydrogens is 262 g/mol. The zero-order valence-corrected chi connectivity index (χ0v) is 10.0. The Balaban J connectivity index is 1.86. The molecule has 0 fully saturated rings. The van der Waals surface area contributed by atoms with Crippen LogP contribution in [-0.4, -0.2) is 32.8 Å². The summed E-state index contributed by atoms with van der Waals surface area (Å²) in [6.45, 7) is 0. The lowest BCUT2D eigenvalue weighted by atomic mass is 10.1. The number of hydroxylamine groups is 2. The molecule has 20 heavy (non-hydrogen) atoms. The van der Waals surface area contributed by atoms with Crippen LogP contribution in [-0.2, 0) is 4.84 Å². The van der Waals surface area contributed by atoms with Crippen LogP contribution in [0.5, 0.6) is 0 Å². The van der Waals surface area contributed by atoms with Crippen LogP contribution in [0.4, 0.5) is 0 Å². The number of imide groups is 1. The van der Waals surface area contributed by atoms with Gasteiger partial charge in [-0.1, -0.05) is 17.2 Å². The molecule has 1 aromatic heterocycles. The molecule has 2 heterocycles. The number of rotatable bonds is 2. The second-order valence-corrected chi connectivity index (χ2v) is 3.96. The molecule has 0 spiro atoms. The standard InChI is InChI=1S/C13H7N3O4/c17-11-9-3-1-2-4-10(9)12(18)16(11)20-13(19)8-5-14-7-15-6-8/h1-7H. The van der Waals surface area contributed by atoms with Crippen LogP contribution in [0.1, 0.15) is 31.1 Å². The Morgan fingerprint density at radius 1 is 1.00 bits per heavy atom. The van der Waals surface area contributed by atoms with E-state index in [2.05, 4.69) is 9.97 Å². The van der Waals surface area contributed by atoms with Gasteiger partial charge in [0.05, 0.1) is 16.7 Å². The van der Waals surface area contributed by atoms with Crippen LogP contribution in [0.2, 0.25) is 0 Å². The highest BCUT2D eigenvalue weighted by molar-refractivity contribution is 6.21. The fraction of sp³-hybridized carbons (Fsp3) is 0. The van der Waals surface area contributed by atoms with Crippen molar-refractivity contribution in [3.63, 3.8) is 0 Å². The predicted molar refractivity (Wildman–Crippen MR) is 64.4 cm³/mol. The molecule has 1 aliphatic rings. The molecule has 0 saturated heterocycles. The van der Waals surface area contributed by atoms with E-state index < -0.39 is 17.8 Å². The zero-order valence-electron chi connectivity index (χ0n) is 10.0. The monoisotopic (exact) mass is 269 g/mol. The highest BCUT2D eigenvalue weighted by Gasteiger charge is 2.38. The van der Waals surface area contributed by atoms with Gasteiger partial charge in [0.15, 0.2) is 0 Å². The average molecular weight is 269 g/mol. The van der Waals surface area contributed by atoms with Crippen molar-refractivity contribution >= 4 is 17.8 Å². The lowest BCUT2D eigenvalue weighted by Crippen LogP contribution is -2.32. The van der Waals surface area contributed by atoms with Gasteiger partial charge in [-0.05, 0) is 12.1 Å². The normalized spacial score (nSPS) is 13.3. The maximum absolute atomic E-state index is 12.0. The van der Waals surface area contributed by atoms with Crippen LogP contribution < -0.4 is 0 Å². The first-order chi connectivity index (χ1) is 9.68. The molecule has 0 radical (unpaired) electrons. The zero-order chi connectivity index (χ0) is 14.1. The summed E-state index contributed by atoms with van der Waals surface area (Å²) in [6.07, 6.45) is 3.71. The van der Waals surface area contributed by atoms with Crippen LogP contribution in [0.3, 0.4) is 0 Å². The lowest BCUT2D eigenvalue weighted by molar-refractivity contribution is -0.0585. The van der Waals surface area contributed by atoms with Gasteiger partial charge in [-0.3, -0.25) is 9.59 Å². The third kappa shape index (κ3) is 1.81. The maximum Gasteiger partial charge on any atom is 0.367 e. The van der Waals surface area contributed by atoms with Crippen molar-refractivity contribution in [2.75, 3.05) is 0 Å². The van der Waals surface area contributed by atoms with E-state index in [4.69, 9.17) is 4.84 Å². The average Bonchev–Trinajstić information content (AvgIpc) is 2.74. The van der Waals surface area contributed by atoms with Crippen molar-refractivity contribution in [3.05, 3.63) is 59.7 Å². The molecular formula is C13H7N3O4.